The Hall–Kier alpha value is -0.890. The van der Waals surface area contributed by atoms with Gasteiger partial charge in [0.2, 0.25) is 0 Å². The van der Waals surface area contributed by atoms with Crippen molar-refractivity contribution in [3.05, 3.63) is 35.6 Å². The van der Waals surface area contributed by atoms with E-state index in [0.29, 0.717) is 6.04 Å². The molecular formula is C17H26FN. The fourth-order valence-electron chi connectivity index (χ4n) is 3.08. The Bertz CT molecular complexity index is 354. The van der Waals surface area contributed by atoms with E-state index in [4.69, 9.17) is 0 Å². The monoisotopic (exact) mass is 263 g/mol. The van der Waals surface area contributed by atoms with Crippen molar-refractivity contribution in [3.8, 4) is 0 Å². The Kier molecular flexibility index (Phi) is 5.84. The summed E-state index contributed by atoms with van der Waals surface area (Å²) >= 11 is 0. The number of hydrogen-bond donors (Lipinski definition) is 1. The lowest BCUT2D eigenvalue weighted by Gasteiger charge is -2.15. The molecule has 0 heterocycles. The van der Waals surface area contributed by atoms with E-state index < -0.39 is 0 Å². The molecule has 2 heteroatoms. The first-order chi connectivity index (χ1) is 9.24. The first kappa shape index (κ1) is 14.5. The van der Waals surface area contributed by atoms with Crippen LogP contribution in [0.4, 0.5) is 4.39 Å². The average Bonchev–Trinajstić information content (AvgIpc) is 2.91. The second-order valence-electron chi connectivity index (χ2n) is 5.98. The highest BCUT2D eigenvalue weighted by Gasteiger charge is 2.14. The molecule has 1 aliphatic rings. The minimum absolute atomic E-state index is 0.152. The zero-order chi connectivity index (χ0) is 13.5. The summed E-state index contributed by atoms with van der Waals surface area (Å²) in [6.45, 7) is 3.32. The largest absolute Gasteiger partial charge is 0.314 e. The lowest BCUT2D eigenvalue weighted by Crippen LogP contribution is -2.29. The van der Waals surface area contributed by atoms with Gasteiger partial charge in [-0.15, -0.1) is 0 Å². The van der Waals surface area contributed by atoms with Gasteiger partial charge in [-0.2, -0.15) is 0 Å². The van der Waals surface area contributed by atoms with Gasteiger partial charge in [-0.05, 0) is 56.3 Å². The van der Waals surface area contributed by atoms with Gasteiger partial charge in [0.05, 0.1) is 0 Å². The van der Waals surface area contributed by atoms with E-state index in [1.807, 2.05) is 12.1 Å². The maximum atomic E-state index is 12.8. The summed E-state index contributed by atoms with van der Waals surface area (Å²) < 4.78 is 12.8. The van der Waals surface area contributed by atoms with Gasteiger partial charge in [0.15, 0.2) is 0 Å². The second-order valence-corrected chi connectivity index (χ2v) is 5.98. The lowest BCUT2D eigenvalue weighted by molar-refractivity contribution is 0.451. The standard InChI is InChI=1S/C17H26FN/c1-14(13-16-8-10-17(18)11-9-16)19-12-4-7-15-5-2-3-6-15/h8-11,14-15,19H,2-7,12-13H2,1H3. The quantitative estimate of drug-likeness (QED) is 0.723. The average molecular weight is 263 g/mol. The summed E-state index contributed by atoms with van der Waals surface area (Å²) in [6, 6.07) is 7.32. The van der Waals surface area contributed by atoms with Gasteiger partial charge >= 0.3 is 0 Å². The Balaban J connectivity index is 1.58. The maximum absolute atomic E-state index is 12.8. The molecule has 1 aromatic rings. The summed E-state index contributed by atoms with van der Waals surface area (Å²) in [7, 11) is 0. The number of benzene rings is 1. The van der Waals surface area contributed by atoms with E-state index in [9.17, 15) is 4.39 Å². The van der Waals surface area contributed by atoms with Gasteiger partial charge in [0.25, 0.3) is 0 Å². The first-order valence-corrected chi connectivity index (χ1v) is 7.72. The summed E-state index contributed by atoms with van der Waals surface area (Å²) in [4.78, 5) is 0. The fraction of sp³-hybridized carbons (Fsp3) is 0.647. The molecule has 1 fully saturated rings. The molecule has 1 saturated carbocycles. The van der Waals surface area contributed by atoms with Crippen molar-refractivity contribution in [3.63, 3.8) is 0 Å². The molecule has 0 radical (unpaired) electrons. The van der Waals surface area contributed by atoms with Crippen LogP contribution >= 0.6 is 0 Å². The van der Waals surface area contributed by atoms with Crippen LogP contribution < -0.4 is 5.32 Å². The minimum Gasteiger partial charge on any atom is -0.314 e. The lowest BCUT2D eigenvalue weighted by atomic mass is 10.0. The smallest absolute Gasteiger partial charge is 0.123 e. The normalized spacial score (nSPS) is 17.8. The first-order valence-electron chi connectivity index (χ1n) is 7.72. The Morgan fingerprint density at radius 2 is 1.89 bits per heavy atom. The fourth-order valence-corrected chi connectivity index (χ4v) is 3.08. The molecule has 0 amide bonds. The highest BCUT2D eigenvalue weighted by atomic mass is 19.1. The van der Waals surface area contributed by atoms with E-state index in [0.717, 1.165) is 18.9 Å². The molecule has 19 heavy (non-hydrogen) atoms. The van der Waals surface area contributed by atoms with Gasteiger partial charge in [0.1, 0.15) is 5.82 Å². The Labute approximate surface area is 116 Å². The highest BCUT2D eigenvalue weighted by molar-refractivity contribution is 5.16. The third kappa shape index (κ3) is 5.32. The Morgan fingerprint density at radius 3 is 2.58 bits per heavy atom. The second kappa shape index (κ2) is 7.64. The summed E-state index contributed by atoms with van der Waals surface area (Å²) in [5.74, 6) is 0.843. The van der Waals surface area contributed by atoms with Gasteiger partial charge in [-0.3, -0.25) is 0 Å². The van der Waals surface area contributed by atoms with Crippen molar-refractivity contribution in [2.24, 2.45) is 5.92 Å². The van der Waals surface area contributed by atoms with Crippen LogP contribution in [0.5, 0.6) is 0 Å². The van der Waals surface area contributed by atoms with Crippen molar-refractivity contribution in [1.29, 1.82) is 0 Å². The Morgan fingerprint density at radius 1 is 1.21 bits per heavy atom. The molecule has 1 unspecified atom stereocenters. The molecule has 0 aliphatic heterocycles. The van der Waals surface area contributed by atoms with Crippen LogP contribution in [0.25, 0.3) is 0 Å². The SMILES string of the molecule is CC(Cc1ccc(F)cc1)NCCCC1CCCC1. The van der Waals surface area contributed by atoms with E-state index in [1.165, 1.54) is 44.1 Å². The summed E-state index contributed by atoms with van der Waals surface area (Å²) in [5.41, 5.74) is 1.21. The van der Waals surface area contributed by atoms with Crippen LogP contribution in [0.1, 0.15) is 51.0 Å². The van der Waals surface area contributed by atoms with Gasteiger partial charge < -0.3 is 5.32 Å². The molecule has 2 rings (SSSR count). The predicted octanol–water partition coefficient (Wildman–Crippen LogP) is 4.32. The zero-order valence-corrected chi connectivity index (χ0v) is 12.0. The van der Waals surface area contributed by atoms with Crippen molar-refractivity contribution in [1.82, 2.24) is 5.32 Å². The molecule has 0 saturated heterocycles. The molecule has 1 N–H and O–H groups in total. The van der Waals surface area contributed by atoms with Crippen LogP contribution in [0.3, 0.4) is 0 Å². The molecule has 1 atom stereocenters. The minimum atomic E-state index is -0.152. The van der Waals surface area contributed by atoms with Gasteiger partial charge in [-0.25, -0.2) is 4.39 Å². The van der Waals surface area contributed by atoms with Crippen LogP contribution in [0.2, 0.25) is 0 Å². The predicted molar refractivity (Wildman–Crippen MR) is 78.8 cm³/mol. The van der Waals surface area contributed by atoms with E-state index in [2.05, 4.69) is 12.2 Å². The zero-order valence-electron chi connectivity index (χ0n) is 12.0. The molecule has 1 aromatic carbocycles. The van der Waals surface area contributed by atoms with Crippen LogP contribution in [0, 0.1) is 11.7 Å². The number of rotatable bonds is 7. The molecule has 0 aromatic heterocycles. The van der Waals surface area contributed by atoms with E-state index in [1.54, 1.807) is 12.1 Å². The number of hydrogen-bond acceptors (Lipinski definition) is 1. The van der Waals surface area contributed by atoms with E-state index in [-0.39, 0.29) is 5.82 Å². The molecule has 106 valence electrons. The third-order valence-corrected chi connectivity index (χ3v) is 4.21. The highest BCUT2D eigenvalue weighted by Crippen LogP contribution is 2.28. The van der Waals surface area contributed by atoms with Gasteiger partial charge in [0, 0.05) is 6.04 Å². The number of nitrogens with one attached hydrogen (secondary N) is 1. The van der Waals surface area contributed by atoms with Crippen molar-refractivity contribution in [2.75, 3.05) is 6.54 Å². The molecule has 1 aliphatic carbocycles. The van der Waals surface area contributed by atoms with Crippen molar-refractivity contribution < 1.29 is 4.39 Å². The molecule has 1 nitrogen and oxygen atoms in total. The van der Waals surface area contributed by atoms with E-state index >= 15 is 0 Å². The number of halogens is 1. The summed E-state index contributed by atoms with van der Waals surface area (Å²) in [5, 5.41) is 3.58. The third-order valence-electron chi connectivity index (χ3n) is 4.21. The molecule has 0 spiro atoms. The maximum Gasteiger partial charge on any atom is 0.123 e. The van der Waals surface area contributed by atoms with Crippen LogP contribution in [0.15, 0.2) is 24.3 Å². The summed E-state index contributed by atoms with van der Waals surface area (Å²) in [6.07, 6.45) is 9.44. The van der Waals surface area contributed by atoms with Crippen molar-refractivity contribution >= 4 is 0 Å². The molecule has 0 bridgehead atoms. The van der Waals surface area contributed by atoms with Crippen LogP contribution in [-0.4, -0.2) is 12.6 Å². The molecular weight excluding hydrogens is 237 g/mol. The topological polar surface area (TPSA) is 12.0 Å². The van der Waals surface area contributed by atoms with Crippen LogP contribution in [-0.2, 0) is 6.42 Å². The van der Waals surface area contributed by atoms with Gasteiger partial charge in [-0.1, -0.05) is 37.8 Å². The van der Waals surface area contributed by atoms with Crippen molar-refractivity contribution in [2.45, 2.75) is 57.9 Å².